The Morgan fingerprint density at radius 3 is 2.12 bits per heavy atom. The first kappa shape index (κ1) is 7.92. The summed E-state index contributed by atoms with van der Waals surface area (Å²) in [5.41, 5.74) is 5.60. The van der Waals surface area contributed by atoms with E-state index in [2.05, 4.69) is 12.2 Å². The van der Waals surface area contributed by atoms with Gasteiger partial charge in [-0.2, -0.15) is 0 Å². The third-order valence-electron chi connectivity index (χ3n) is 0.831. The van der Waals surface area contributed by atoms with Gasteiger partial charge in [-0.05, 0) is 20.4 Å². The lowest BCUT2D eigenvalue weighted by Gasteiger charge is -2.17. The van der Waals surface area contributed by atoms with Crippen LogP contribution in [0.3, 0.4) is 0 Å². The summed E-state index contributed by atoms with van der Waals surface area (Å²) in [6.45, 7) is 7.99. The molecule has 0 saturated heterocycles. The molecule has 0 aliphatic carbocycles. The van der Waals surface area contributed by atoms with Gasteiger partial charge in [0.1, 0.15) is 0 Å². The number of nitrogens with two attached hydrogens (primary N) is 1. The van der Waals surface area contributed by atoms with Gasteiger partial charge in [0, 0.05) is 12.1 Å². The molecule has 0 spiro atoms. The molecule has 50 valence electrons. The summed E-state index contributed by atoms with van der Waals surface area (Å²) in [6, 6.07) is 0. The van der Waals surface area contributed by atoms with Crippen molar-refractivity contribution in [3.05, 3.63) is 0 Å². The first-order valence-electron chi connectivity index (χ1n) is 3.06. The number of nitrogens with one attached hydrogen (secondary N) is 1. The van der Waals surface area contributed by atoms with E-state index in [0.29, 0.717) is 0 Å². The Hall–Kier alpha value is -0.0800. The number of rotatable bonds is 3. The number of hydrogen-bond donors (Lipinski definition) is 2. The molecule has 0 aromatic heterocycles. The SMILES string of the molecule is CCNCC(C)(C)N. The highest BCUT2D eigenvalue weighted by Crippen LogP contribution is 1.90. The van der Waals surface area contributed by atoms with Crippen molar-refractivity contribution in [3.8, 4) is 0 Å². The van der Waals surface area contributed by atoms with Gasteiger partial charge >= 0.3 is 0 Å². The fourth-order valence-corrected chi connectivity index (χ4v) is 0.447. The lowest BCUT2D eigenvalue weighted by Crippen LogP contribution is -2.42. The van der Waals surface area contributed by atoms with Crippen LogP contribution in [0.1, 0.15) is 20.8 Å². The van der Waals surface area contributed by atoms with Crippen LogP contribution in [-0.4, -0.2) is 18.6 Å². The van der Waals surface area contributed by atoms with Gasteiger partial charge < -0.3 is 11.1 Å². The second-order valence-electron chi connectivity index (χ2n) is 2.77. The quantitative estimate of drug-likeness (QED) is 0.558. The molecule has 0 heterocycles. The Labute approximate surface area is 51.5 Å². The van der Waals surface area contributed by atoms with E-state index in [9.17, 15) is 0 Å². The van der Waals surface area contributed by atoms with Crippen LogP contribution >= 0.6 is 0 Å². The average molecular weight is 116 g/mol. The molecule has 0 aliphatic heterocycles. The molecular weight excluding hydrogens is 100 g/mol. The molecule has 0 fully saturated rings. The molecule has 2 nitrogen and oxygen atoms in total. The summed E-state index contributed by atoms with van der Waals surface area (Å²) in [7, 11) is 0. The summed E-state index contributed by atoms with van der Waals surface area (Å²) < 4.78 is 0. The van der Waals surface area contributed by atoms with Crippen LogP contribution in [0.2, 0.25) is 0 Å². The topological polar surface area (TPSA) is 38.0 Å². The van der Waals surface area contributed by atoms with E-state index in [1.54, 1.807) is 0 Å². The van der Waals surface area contributed by atoms with Crippen molar-refractivity contribution >= 4 is 0 Å². The maximum Gasteiger partial charge on any atom is 0.0223 e. The highest BCUT2D eigenvalue weighted by molar-refractivity contribution is 4.73. The van der Waals surface area contributed by atoms with Crippen molar-refractivity contribution in [1.29, 1.82) is 0 Å². The minimum atomic E-state index is -0.0595. The molecule has 0 amide bonds. The van der Waals surface area contributed by atoms with Gasteiger partial charge in [-0.1, -0.05) is 6.92 Å². The summed E-state index contributed by atoms with van der Waals surface area (Å²) in [4.78, 5) is 0. The van der Waals surface area contributed by atoms with Crippen LogP contribution in [-0.2, 0) is 0 Å². The zero-order chi connectivity index (χ0) is 6.62. The molecule has 0 unspecified atom stereocenters. The predicted molar refractivity (Wildman–Crippen MR) is 36.8 cm³/mol. The van der Waals surface area contributed by atoms with Crippen molar-refractivity contribution in [2.45, 2.75) is 26.3 Å². The Morgan fingerprint density at radius 2 is 2.00 bits per heavy atom. The van der Waals surface area contributed by atoms with Gasteiger partial charge in [0.25, 0.3) is 0 Å². The van der Waals surface area contributed by atoms with E-state index >= 15 is 0 Å². The van der Waals surface area contributed by atoms with Crippen LogP contribution in [0, 0.1) is 0 Å². The average Bonchev–Trinajstić information content (AvgIpc) is 1.59. The summed E-state index contributed by atoms with van der Waals surface area (Å²) in [5, 5.41) is 3.16. The Bertz CT molecular complexity index is 54.0. The Balaban J connectivity index is 3.11. The van der Waals surface area contributed by atoms with Gasteiger partial charge in [0.05, 0.1) is 0 Å². The van der Waals surface area contributed by atoms with E-state index in [4.69, 9.17) is 5.73 Å². The number of likely N-dealkylation sites (N-methyl/N-ethyl adjacent to an activating group) is 1. The Morgan fingerprint density at radius 1 is 1.50 bits per heavy atom. The second-order valence-corrected chi connectivity index (χ2v) is 2.77. The summed E-state index contributed by atoms with van der Waals surface area (Å²) in [5.74, 6) is 0. The molecule has 8 heavy (non-hydrogen) atoms. The summed E-state index contributed by atoms with van der Waals surface area (Å²) >= 11 is 0. The second kappa shape index (κ2) is 3.05. The molecular formula is C6H16N2. The first-order chi connectivity index (χ1) is 3.56. The van der Waals surface area contributed by atoms with E-state index in [-0.39, 0.29) is 5.54 Å². The third-order valence-corrected chi connectivity index (χ3v) is 0.831. The van der Waals surface area contributed by atoms with Gasteiger partial charge in [-0.3, -0.25) is 0 Å². The number of hydrogen-bond acceptors (Lipinski definition) is 2. The minimum absolute atomic E-state index is 0.0595. The highest BCUT2D eigenvalue weighted by Gasteiger charge is 2.07. The maximum absolute atomic E-state index is 5.66. The molecule has 0 saturated carbocycles. The fourth-order valence-electron chi connectivity index (χ4n) is 0.447. The van der Waals surface area contributed by atoms with Crippen LogP contribution < -0.4 is 11.1 Å². The lowest BCUT2D eigenvalue weighted by molar-refractivity contribution is 0.475. The summed E-state index contributed by atoms with van der Waals surface area (Å²) in [6.07, 6.45) is 0. The largest absolute Gasteiger partial charge is 0.324 e. The minimum Gasteiger partial charge on any atom is -0.324 e. The predicted octanol–water partition coefficient (Wildman–Crippen LogP) is 0.333. The molecule has 2 heteroatoms. The standard InChI is InChI=1S/C6H16N2/c1-4-8-5-6(2,3)7/h8H,4-5,7H2,1-3H3. The molecule has 0 aromatic carbocycles. The molecule has 0 atom stereocenters. The third kappa shape index (κ3) is 5.92. The van der Waals surface area contributed by atoms with E-state index < -0.39 is 0 Å². The zero-order valence-corrected chi connectivity index (χ0v) is 5.99. The normalized spacial score (nSPS) is 12.0. The van der Waals surface area contributed by atoms with Gasteiger partial charge in [-0.25, -0.2) is 0 Å². The van der Waals surface area contributed by atoms with Gasteiger partial charge in [-0.15, -0.1) is 0 Å². The monoisotopic (exact) mass is 116 g/mol. The lowest BCUT2D eigenvalue weighted by atomic mass is 10.1. The van der Waals surface area contributed by atoms with E-state index in [1.165, 1.54) is 0 Å². The van der Waals surface area contributed by atoms with Crippen molar-refractivity contribution in [1.82, 2.24) is 5.32 Å². The van der Waals surface area contributed by atoms with E-state index in [1.807, 2.05) is 13.8 Å². The molecule has 0 radical (unpaired) electrons. The maximum atomic E-state index is 5.66. The van der Waals surface area contributed by atoms with Crippen molar-refractivity contribution < 1.29 is 0 Å². The Kier molecular flexibility index (Phi) is 3.02. The van der Waals surface area contributed by atoms with Crippen LogP contribution in [0.4, 0.5) is 0 Å². The highest BCUT2D eigenvalue weighted by atomic mass is 14.9. The molecule has 0 rings (SSSR count). The fraction of sp³-hybridized carbons (Fsp3) is 1.00. The zero-order valence-electron chi connectivity index (χ0n) is 5.99. The smallest absolute Gasteiger partial charge is 0.0223 e. The first-order valence-corrected chi connectivity index (χ1v) is 3.06. The van der Waals surface area contributed by atoms with Gasteiger partial charge in [0.15, 0.2) is 0 Å². The van der Waals surface area contributed by atoms with Crippen LogP contribution in [0.5, 0.6) is 0 Å². The van der Waals surface area contributed by atoms with Crippen molar-refractivity contribution in [2.75, 3.05) is 13.1 Å². The van der Waals surface area contributed by atoms with E-state index in [0.717, 1.165) is 13.1 Å². The van der Waals surface area contributed by atoms with Crippen LogP contribution in [0.15, 0.2) is 0 Å². The molecule has 0 bridgehead atoms. The molecule has 0 aliphatic rings. The van der Waals surface area contributed by atoms with Crippen molar-refractivity contribution in [3.63, 3.8) is 0 Å². The molecule has 0 aromatic rings. The molecule has 3 N–H and O–H groups in total. The van der Waals surface area contributed by atoms with Crippen molar-refractivity contribution in [2.24, 2.45) is 5.73 Å². The van der Waals surface area contributed by atoms with Crippen LogP contribution in [0.25, 0.3) is 0 Å². The van der Waals surface area contributed by atoms with Gasteiger partial charge in [0.2, 0.25) is 0 Å².